The van der Waals surface area contributed by atoms with E-state index < -0.39 is 0 Å². The monoisotopic (exact) mass is 188 g/mol. The van der Waals surface area contributed by atoms with Gasteiger partial charge in [0.1, 0.15) is 12.0 Å². The van der Waals surface area contributed by atoms with Crippen LogP contribution in [0.25, 0.3) is 0 Å². The summed E-state index contributed by atoms with van der Waals surface area (Å²) in [6, 6.07) is 3.88. The molecule has 2 aliphatic rings. The molecule has 0 spiro atoms. The molecule has 1 fully saturated rings. The molecule has 72 valence electrons. The predicted molar refractivity (Wildman–Crippen MR) is 51.7 cm³/mol. The second kappa shape index (κ2) is 2.84. The Balaban J connectivity index is 1.99. The van der Waals surface area contributed by atoms with Crippen LogP contribution in [-0.4, -0.2) is 6.29 Å². The summed E-state index contributed by atoms with van der Waals surface area (Å²) in [6.45, 7) is 0. The van der Waals surface area contributed by atoms with Crippen molar-refractivity contribution in [2.24, 2.45) is 17.8 Å². The predicted octanol–water partition coefficient (Wildman–Crippen LogP) is 2.38. The summed E-state index contributed by atoms with van der Waals surface area (Å²) in [6.07, 6.45) is 8.32. The summed E-state index contributed by atoms with van der Waals surface area (Å²) in [5.74, 6) is 2.36. The van der Waals surface area contributed by atoms with E-state index in [-0.39, 0.29) is 11.8 Å². The zero-order chi connectivity index (χ0) is 9.54. The van der Waals surface area contributed by atoms with Gasteiger partial charge < -0.3 is 9.21 Å². The SMILES string of the molecule is O=C[C@H]1[C@H](c2ccco2)[C@H]2C=C[C@@H]1C2. The fourth-order valence-corrected chi connectivity index (χ4v) is 2.93. The van der Waals surface area contributed by atoms with Crippen LogP contribution >= 0.6 is 0 Å². The van der Waals surface area contributed by atoms with Crippen molar-refractivity contribution >= 4 is 6.29 Å². The lowest BCUT2D eigenvalue weighted by atomic mass is 9.82. The minimum absolute atomic E-state index is 0.135. The van der Waals surface area contributed by atoms with Crippen molar-refractivity contribution in [1.82, 2.24) is 0 Å². The number of rotatable bonds is 2. The first-order valence-electron chi connectivity index (χ1n) is 5.07. The Morgan fingerprint density at radius 2 is 2.21 bits per heavy atom. The number of carbonyl (C=O) groups excluding carboxylic acids is 1. The van der Waals surface area contributed by atoms with Crippen LogP contribution in [-0.2, 0) is 4.79 Å². The van der Waals surface area contributed by atoms with Crippen LogP contribution in [0.4, 0.5) is 0 Å². The van der Waals surface area contributed by atoms with E-state index in [0.29, 0.717) is 11.8 Å². The molecular weight excluding hydrogens is 176 g/mol. The van der Waals surface area contributed by atoms with Crippen molar-refractivity contribution in [1.29, 1.82) is 0 Å². The first-order chi connectivity index (χ1) is 6.90. The van der Waals surface area contributed by atoms with Crippen molar-refractivity contribution < 1.29 is 9.21 Å². The van der Waals surface area contributed by atoms with Gasteiger partial charge in [-0.15, -0.1) is 0 Å². The first kappa shape index (κ1) is 8.04. The highest BCUT2D eigenvalue weighted by atomic mass is 16.3. The van der Waals surface area contributed by atoms with Crippen LogP contribution in [0.15, 0.2) is 35.0 Å². The van der Waals surface area contributed by atoms with Crippen LogP contribution in [0.5, 0.6) is 0 Å². The fourth-order valence-electron chi connectivity index (χ4n) is 2.93. The fraction of sp³-hybridized carbons (Fsp3) is 0.417. The second-order valence-electron chi connectivity index (χ2n) is 4.20. The molecule has 14 heavy (non-hydrogen) atoms. The maximum absolute atomic E-state index is 11.0. The van der Waals surface area contributed by atoms with E-state index in [1.165, 1.54) is 0 Å². The standard InChI is InChI=1S/C12H12O2/c13-7-10-8-3-4-9(6-8)12(10)11-2-1-5-14-11/h1-5,7-10,12H,6H2/t8-,9+,10-,12-/m1/s1. The third-order valence-corrected chi connectivity index (χ3v) is 3.55. The number of furan rings is 1. The van der Waals surface area contributed by atoms with Crippen LogP contribution in [0.3, 0.4) is 0 Å². The third kappa shape index (κ3) is 0.939. The van der Waals surface area contributed by atoms with Gasteiger partial charge in [0.05, 0.1) is 6.26 Å². The normalized spacial score (nSPS) is 39.1. The summed E-state index contributed by atoms with van der Waals surface area (Å²) < 4.78 is 5.41. The molecule has 2 bridgehead atoms. The van der Waals surface area contributed by atoms with E-state index in [4.69, 9.17) is 4.42 Å². The van der Waals surface area contributed by atoms with Gasteiger partial charge in [-0.25, -0.2) is 0 Å². The average Bonchev–Trinajstić information content (AvgIpc) is 2.92. The minimum atomic E-state index is 0.135. The van der Waals surface area contributed by atoms with E-state index in [2.05, 4.69) is 12.2 Å². The van der Waals surface area contributed by atoms with Gasteiger partial charge in [-0.3, -0.25) is 0 Å². The lowest BCUT2D eigenvalue weighted by Crippen LogP contribution is -2.18. The van der Waals surface area contributed by atoms with Crippen molar-refractivity contribution in [3.05, 3.63) is 36.3 Å². The minimum Gasteiger partial charge on any atom is -0.469 e. The zero-order valence-corrected chi connectivity index (χ0v) is 7.80. The summed E-state index contributed by atoms with van der Waals surface area (Å²) in [5, 5.41) is 0. The molecule has 0 amide bonds. The molecule has 1 aromatic heterocycles. The maximum atomic E-state index is 11.0. The van der Waals surface area contributed by atoms with Crippen LogP contribution in [0.2, 0.25) is 0 Å². The number of hydrogen-bond donors (Lipinski definition) is 0. The van der Waals surface area contributed by atoms with Gasteiger partial charge >= 0.3 is 0 Å². The molecule has 1 saturated carbocycles. The van der Waals surface area contributed by atoms with Gasteiger partial charge in [0.15, 0.2) is 0 Å². The van der Waals surface area contributed by atoms with E-state index in [9.17, 15) is 4.79 Å². The molecule has 2 heteroatoms. The molecule has 4 atom stereocenters. The molecule has 0 radical (unpaired) electrons. The Hall–Kier alpha value is -1.31. The van der Waals surface area contributed by atoms with Crippen molar-refractivity contribution in [2.45, 2.75) is 12.3 Å². The highest BCUT2D eigenvalue weighted by Crippen LogP contribution is 2.52. The van der Waals surface area contributed by atoms with Crippen molar-refractivity contribution in [2.75, 3.05) is 0 Å². The Morgan fingerprint density at radius 3 is 2.93 bits per heavy atom. The second-order valence-corrected chi connectivity index (χ2v) is 4.20. The molecule has 2 aliphatic carbocycles. The maximum Gasteiger partial charge on any atom is 0.124 e. The van der Waals surface area contributed by atoms with E-state index in [0.717, 1.165) is 18.5 Å². The third-order valence-electron chi connectivity index (χ3n) is 3.55. The van der Waals surface area contributed by atoms with Gasteiger partial charge in [0.25, 0.3) is 0 Å². The lowest BCUT2D eigenvalue weighted by molar-refractivity contribution is -0.112. The summed E-state index contributed by atoms with van der Waals surface area (Å²) in [7, 11) is 0. The molecule has 0 aromatic carbocycles. The van der Waals surface area contributed by atoms with Gasteiger partial charge in [-0.1, -0.05) is 12.2 Å². The molecule has 0 unspecified atom stereocenters. The Bertz CT molecular complexity index is 364. The number of carbonyl (C=O) groups is 1. The summed E-state index contributed by atoms with van der Waals surface area (Å²) >= 11 is 0. The highest BCUT2D eigenvalue weighted by molar-refractivity contribution is 5.59. The van der Waals surface area contributed by atoms with Crippen LogP contribution in [0, 0.1) is 17.8 Å². The smallest absolute Gasteiger partial charge is 0.124 e. The zero-order valence-electron chi connectivity index (χ0n) is 7.80. The molecule has 1 aromatic rings. The van der Waals surface area contributed by atoms with Crippen LogP contribution < -0.4 is 0 Å². The largest absolute Gasteiger partial charge is 0.469 e. The number of aldehydes is 1. The molecular formula is C12H12O2. The van der Waals surface area contributed by atoms with Crippen molar-refractivity contribution in [3.63, 3.8) is 0 Å². The summed E-state index contributed by atoms with van der Waals surface area (Å²) in [4.78, 5) is 11.0. The number of allylic oxidation sites excluding steroid dienone is 2. The van der Waals surface area contributed by atoms with Gasteiger partial charge in [0, 0.05) is 11.8 Å². The molecule has 0 N–H and O–H groups in total. The summed E-state index contributed by atoms with van der Waals surface area (Å²) in [5.41, 5.74) is 0. The number of hydrogen-bond acceptors (Lipinski definition) is 2. The first-order valence-corrected chi connectivity index (χ1v) is 5.07. The van der Waals surface area contributed by atoms with E-state index in [1.54, 1.807) is 6.26 Å². The van der Waals surface area contributed by atoms with E-state index in [1.807, 2.05) is 12.1 Å². The van der Waals surface area contributed by atoms with E-state index >= 15 is 0 Å². The Morgan fingerprint density at radius 1 is 1.36 bits per heavy atom. The molecule has 0 aliphatic heterocycles. The number of fused-ring (bicyclic) bond motifs is 2. The molecule has 3 rings (SSSR count). The highest BCUT2D eigenvalue weighted by Gasteiger charge is 2.46. The lowest BCUT2D eigenvalue weighted by Gasteiger charge is -2.21. The average molecular weight is 188 g/mol. The molecule has 0 saturated heterocycles. The van der Waals surface area contributed by atoms with Crippen molar-refractivity contribution in [3.8, 4) is 0 Å². The quantitative estimate of drug-likeness (QED) is 0.527. The topological polar surface area (TPSA) is 30.2 Å². The van der Waals surface area contributed by atoms with Gasteiger partial charge in [-0.05, 0) is 30.4 Å². The van der Waals surface area contributed by atoms with Crippen LogP contribution in [0.1, 0.15) is 18.1 Å². The van der Waals surface area contributed by atoms with Gasteiger partial charge in [-0.2, -0.15) is 0 Å². The molecule has 1 heterocycles. The Labute approximate surface area is 82.6 Å². The molecule has 2 nitrogen and oxygen atoms in total. The van der Waals surface area contributed by atoms with Gasteiger partial charge in [0.2, 0.25) is 0 Å². The Kier molecular flexibility index (Phi) is 1.63.